The third-order valence-electron chi connectivity index (χ3n) is 3.99. The van der Waals surface area contributed by atoms with Gasteiger partial charge in [0.2, 0.25) is 0 Å². The van der Waals surface area contributed by atoms with Crippen LogP contribution in [-0.2, 0) is 11.3 Å². The van der Waals surface area contributed by atoms with Crippen LogP contribution in [0.15, 0.2) is 18.2 Å². The van der Waals surface area contributed by atoms with Gasteiger partial charge in [-0.1, -0.05) is 29.6 Å². The van der Waals surface area contributed by atoms with Crippen LogP contribution in [0.1, 0.15) is 24.8 Å². The van der Waals surface area contributed by atoms with Gasteiger partial charge in [0.05, 0.1) is 6.61 Å². The Hall–Kier alpha value is -0.320. The van der Waals surface area contributed by atoms with Crippen LogP contribution in [0.25, 0.3) is 0 Å². The average Bonchev–Trinajstić information content (AvgIpc) is 2.49. The molecule has 1 N–H and O–H groups in total. The molecule has 0 bridgehead atoms. The molecule has 1 fully saturated rings. The number of nitrogens with zero attached hydrogens (tertiary/aromatic N) is 1. The molecule has 1 aliphatic rings. The molecule has 3 nitrogen and oxygen atoms in total. The predicted octanol–water partition coefficient (Wildman–Crippen LogP) is 3.58. The summed E-state index contributed by atoms with van der Waals surface area (Å²) < 4.78 is 5.07. The van der Waals surface area contributed by atoms with Gasteiger partial charge < -0.3 is 10.1 Å². The third kappa shape index (κ3) is 5.42. The van der Waals surface area contributed by atoms with Gasteiger partial charge in [0.1, 0.15) is 0 Å². The standard InChI is InChI=1S/C16H24Cl2N2O/c1-21-9-7-19-11-15-4-2-3-8-20(15)12-13-10-14(17)5-6-16(13)18/h5-6,10,15,19H,2-4,7-9,11-12H2,1H3. The lowest BCUT2D eigenvalue weighted by Gasteiger charge is -2.36. The van der Waals surface area contributed by atoms with E-state index in [-0.39, 0.29) is 0 Å². The Labute approximate surface area is 137 Å². The Morgan fingerprint density at radius 1 is 1.33 bits per heavy atom. The number of methoxy groups -OCH3 is 1. The van der Waals surface area contributed by atoms with Crippen molar-refractivity contribution in [3.05, 3.63) is 33.8 Å². The number of halogens is 2. The molecule has 0 aromatic heterocycles. The normalized spacial score (nSPS) is 19.9. The number of benzene rings is 1. The van der Waals surface area contributed by atoms with E-state index in [1.54, 1.807) is 7.11 Å². The number of piperidine rings is 1. The van der Waals surface area contributed by atoms with Crippen molar-refractivity contribution in [1.29, 1.82) is 0 Å². The summed E-state index contributed by atoms with van der Waals surface area (Å²) in [5.41, 5.74) is 1.12. The predicted molar refractivity (Wildman–Crippen MR) is 89.3 cm³/mol. The Bertz CT molecular complexity index is 442. The van der Waals surface area contributed by atoms with Gasteiger partial charge in [-0.3, -0.25) is 4.90 Å². The molecule has 0 amide bonds. The molecule has 0 spiro atoms. The van der Waals surface area contributed by atoms with Crippen molar-refractivity contribution >= 4 is 23.2 Å². The molecule has 1 heterocycles. The van der Waals surface area contributed by atoms with Gasteiger partial charge in [0.15, 0.2) is 0 Å². The molecular formula is C16H24Cl2N2O. The zero-order chi connectivity index (χ0) is 15.1. The highest BCUT2D eigenvalue weighted by molar-refractivity contribution is 6.33. The van der Waals surface area contributed by atoms with E-state index in [9.17, 15) is 0 Å². The van der Waals surface area contributed by atoms with E-state index in [1.807, 2.05) is 18.2 Å². The number of rotatable bonds is 7. The van der Waals surface area contributed by atoms with Crippen molar-refractivity contribution < 1.29 is 4.74 Å². The number of ether oxygens (including phenoxy) is 1. The molecule has 5 heteroatoms. The molecule has 2 rings (SSSR count). The summed E-state index contributed by atoms with van der Waals surface area (Å²) in [4.78, 5) is 2.51. The molecule has 1 aromatic rings. The molecule has 118 valence electrons. The van der Waals surface area contributed by atoms with Crippen molar-refractivity contribution in [3.63, 3.8) is 0 Å². The summed E-state index contributed by atoms with van der Waals surface area (Å²) in [6.45, 7) is 4.66. The maximum absolute atomic E-state index is 6.29. The number of hydrogen-bond acceptors (Lipinski definition) is 3. The van der Waals surface area contributed by atoms with Crippen LogP contribution in [0.3, 0.4) is 0 Å². The fourth-order valence-corrected chi connectivity index (χ4v) is 3.20. The van der Waals surface area contributed by atoms with Crippen LogP contribution in [0.2, 0.25) is 10.0 Å². The van der Waals surface area contributed by atoms with Crippen molar-refractivity contribution in [2.75, 3.05) is 33.4 Å². The van der Waals surface area contributed by atoms with Crippen molar-refractivity contribution in [1.82, 2.24) is 10.2 Å². The van der Waals surface area contributed by atoms with Crippen LogP contribution < -0.4 is 5.32 Å². The number of likely N-dealkylation sites (tertiary alicyclic amines) is 1. The van der Waals surface area contributed by atoms with Crippen molar-refractivity contribution in [2.24, 2.45) is 0 Å². The maximum atomic E-state index is 6.29. The largest absolute Gasteiger partial charge is 0.383 e. The Balaban J connectivity index is 1.93. The smallest absolute Gasteiger partial charge is 0.0587 e. The minimum atomic E-state index is 0.561. The average molecular weight is 331 g/mol. The SMILES string of the molecule is COCCNCC1CCCCN1Cc1cc(Cl)ccc1Cl. The second kappa shape index (κ2) is 8.96. The van der Waals surface area contributed by atoms with Crippen molar-refractivity contribution in [2.45, 2.75) is 31.8 Å². The lowest BCUT2D eigenvalue weighted by atomic mass is 10.0. The summed E-state index contributed by atoms with van der Waals surface area (Å²) in [5, 5.41) is 5.03. The fourth-order valence-electron chi connectivity index (χ4n) is 2.83. The molecule has 1 aliphatic heterocycles. The summed E-state index contributed by atoms with van der Waals surface area (Å²) in [5.74, 6) is 0. The van der Waals surface area contributed by atoms with Crippen molar-refractivity contribution in [3.8, 4) is 0 Å². The Kier molecular flexibility index (Phi) is 7.27. The van der Waals surface area contributed by atoms with E-state index in [1.165, 1.54) is 19.3 Å². The van der Waals surface area contributed by atoms with Crippen LogP contribution in [-0.4, -0.2) is 44.3 Å². The first-order chi connectivity index (χ1) is 10.2. The lowest BCUT2D eigenvalue weighted by Crippen LogP contribution is -2.45. The van der Waals surface area contributed by atoms with Gasteiger partial charge in [-0.2, -0.15) is 0 Å². The third-order valence-corrected chi connectivity index (χ3v) is 4.60. The summed E-state index contributed by atoms with van der Waals surface area (Å²) in [7, 11) is 1.73. The zero-order valence-electron chi connectivity index (χ0n) is 12.6. The van der Waals surface area contributed by atoms with Gasteiger partial charge >= 0.3 is 0 Å². The molecular weight excluding hydrogens is 307 g/mol. The highest BCUT2D eigenvalue weighted by atomic mass is 35.5. The quantitative estimate of drug-likeness (QED) is 0.773. The van der Waals surface area contributed by atoms with E-state index in [4.69, 9.17) is 27.9 Å². The van der Waals surface area contributed by atoms with E-state index < -0.39 is 0 Å². The van der Waals surface area contributed by atoms with E-state index in [0.717, 1.165) is 48.4 Å². The Morgan fingerprint density at radius 2 is 2.19 bits per heavy atom. The summed E-state index contributed by atoms with van der Waals surface area (Å²) in [6, 6.07) is 6.27. The highest BCUT2D eigenvalue weighted by Crippen LogP contribution is 2.25. The van der Waals surface area contributed by atoms with Gasteiger partial charge in [0.25, 0.3) is 0 Å². The first-order valence-electron chi connectivity index (χ1n) is 7.58. The number of hydrogen-bond donors (Lipinski definition) is 1. The van der Waals surface area contributed by atoms with E-state index >= 15 is 0 Å². The molecule has 0 aliphatic carbocycles. The van der Waals surface area contributed by atoms with Crippen LogP contribution in [0.5, 0.6) is 0 Å². The lowest BCUT2D eigenvalue weighted by molar-refractivity contribution is 0.133. The Morgan fingerprint density at radius 3 is 3.00 bits per heavy atom. The van der Waals surface area contributed by atoms with E-state index in [2.05, 4.69) is 10.2 Å². The molecule has 1 saturated heterocycles. The maximum Gasteiger partial charge on any atom is 0.0587 e. The van der Waals surface area contributed by atoms with Gasteiger partial charge in [-0.25, -0.2) is 0 Å². The monoisotopic (exact) mass is 330 g/mol. The van der Waals surface area contributed by atoms with Crippen LogP contribution >= 0.6 is 23.2 Å². The summed E-state index contributed by atoms with van der Waals surface area (Å²) in [6.07, 6.45) is 3.79. The molecule has 21 heavy (non-hydrogen) atoms. The molecule has 0 radical (unpaired) electrons. The van der Waals surface area contributed by atoms with Crippen LogP contribution in [0.4, 0.5) is 0 Å². The molecule has 1 unspecified atom stereocenters. The van der Waals surface area contributed by atoms with Gasteiger partial charge in [0, 0.05) is 42.8 Å². The first-order valence-corrected chi connectivity index (χ1v) is 8.34. The second-order valence-corrected chi connectivity index (χ2v) is 6.40. The topological polar surface area (TPSA) is 24.5 Å². The second-order valence-electron chi connectivity index (χ2n) is 5.55. The van der Waals surface area contributed by atoms with Gasteiger partial charge in [-0.05, 0) is 43.1 Å². The minimum absolute atomic E-state index is 0.561. The van der Waals surface area contributed by atoms with Crippen LogP contribution in [0, 0.1) is 0 Å². The van der Waals surface area contributed by atoms with Gasteiger partial charge in [-0.15, -0.1) is 0 Å². The summed E-state index contributed by atoms with van der Waals surface area (Å²) >= 11 is 12.4. The number of nitrogens with one attached hydrogen (secondary N) is 1. The van der Waals surface area contributed by atoms with E-state index in [0.29, 0.717) is 6.04 Å². The zero-order valence-corrected chi connectivity index (χ0v) is 14.1. The molecule has 1 aromatic carbocycles. The molecule has 0 saturated carbocycles. The minimum Gasteiger partial charge on any atom is -0.383 e. The fraction of sp³-hybridized carbons (Fsp3) is 0.625. The first kappa shape index (κ1) is 17.0. The highest BCUT2D eigenvalue weighted by Gasteiger charge is 2.22. The molecule has 1 atom stereocenters.